The number of amides is 1. The first-order chi connectivity index (χ1) is 9.81. The first-order valence-corrected chi connectivity index (χ1v) is 7.51. The van der Waals surface area contributed by atoms with Crippen LogP contribution in [0.25, 0.3) is 0 Å². The molecule has 4 nitrogen and oxygen atoms in total. The van der Waals surface area contributed by atoms with Crippen LogP contribution in [0.3, 0.4) is 0 Å². The van der Waals surface area contributed by atoms with E-state index in [9.17, 15) is 4.79 Å². The fraction of sp³-hybridized carbons (Fsp3) is 0.562. The summed E-state index contributed by atoms with van der Waals surface area (Å²) in [5, 5.41) is 6.33. The van der Waals surface area contributed by atoms with Crippen molar-refractivity contribution in [3.8, 4) is 0 Å². The topological polar surface area (TPSA) is 50.4 Å². The molecule has 0 aliphatic carbocycles. The highest BCUT2D eigenvalue weighted by Gasteiger charge is 2.22. The van der Waals surface area contributed by atoms with E-state index in [0.717, 1.165) is 51.1 Å². The lowest BCUT2D eigenvalue weighted by Gasteiger charge is -2.15. The van der Waals surface area contributed by atoms with Crippen LogP contribution in [0.5, 0.6) is 0 Å². The molecule has 2 rings (SSSR count). The summed E-state index contributed by atoms with van der Waals surface area (Å²) in [5.74, 6) is 0.0735. The smallest absolute Gasteiger partial charge is 0.241 e. The number of fused-ring (bicyclic) bond motifs is 1. The summed E-state index contributed by atoms with van der Waals surface area (Å²) in [6.45, 7) is 4.50. The van der Waals surface area contributed by atoms with Gasteiger partial charge in [0, 0.05) is 18.9 Å². The second-order valence-corrected chi connectivity index (χ2v) is 5.16. The van der Waals surface area contributed by atoms with Gasteiger partial charge in [-0.3, -0.25) is 4.79 Å². The number of ether oxygens (including phenoxy) is 1. The summed E-state index contributed by atoms with van der Waals surface area (Å²) in [6.07, 6.45) is 3.77. The van der Waals surface area contributed by atoms with Gasteiger partial charge in [-0.05, 0) is 43.9 Å². The van der Waals surface area contributed by atoms with Crippen molar-refractivity contribution in [1.82, 2.24) is 5.32 Å². The second-order valence-electron chi connectivity index (χ2n) is 5.16. The van der Waals surface area contributed by atoms with Gasteiger partial charge in [-0.1, -0.05) is 25.1 Å². The average Bonchev–Trinajstić information content (AvgIpc) is 2.62. The van der Waals surface area contributed by atoms with Crippen molar-refractivity contribution in [1.29, 1.82) is 0 Å². The van der Waals surface area contributed by atoms with Crippen molar-refractivity contribution < 1.29 is 9.53 Å². The van der Waals surface area contributed by atoms with Crippen LogP contribution in [0.4, 0.5) is 5.69 Å². The fourth-order valence-electron chi connectivity index (χ4n) is 2.40. The molecule has 1 atom stereocenters. The maximum atomic E-state index is 12.1. The lowest BCUT2D eigenvalue weighted by molar-refractivity contribution is -0.118. The summed E-state index contributed by atoms with van der Waals surface area (Å²) in [4.78, 5) is 12.1. The Labute approximate surface area is 120 Å². The minimum absolute atomic E-state index is 0.0735. The molecule has 1 unspecified atom stereocenters. The van der Waals surface area contributed by atoms with E-state index in [0.29, 0.717) is 0 Å². The van der Waals surface area contributed by atoms with Crippen LogP contribution in [0.15, 0.2) is 24.3 Å². The molecular weight excluding hydrogens is 252 g/mol. The minimum Gasteiger partial charge on any atom is -0.381 e. The van der Waals surface area contributed by atoms with Crippen molar-refractivity contribution in [3.05, 3.63) is 29.8 Å². The highest BCUT2D eigenvalue weighted by molar-refractivity contribution is 5.96. The van der Waals surface area contributed by atoms with E-state index in [4.69, 9.17) is 4.74 Å². The molecule has 1 aromatic rings. The number of benzene rings is 1. The largest absolute Gasteiger partial charge is 0.381 e. The van der Waals surface area contributed by atoms with Crippen LogP contribution >= 0.6 is 0 Å². The van der Waals surface area contributed by atoms with E-state index in [1.807, 2.05) is 18.2 Å². The van der Waals surface area contributed by atoms with Gasteiger partial charge in [0.15, 0.2) is 0 Å². The maximum absolute atomic E-state index is 12.1. The highest BCUT2D eigenvalue weighted by Crippen LogP contribution is 2.21. The molecule has 0 saturated carbocycles. The third-order valence-electron chi connectivity index (χ3n) is 3.50. The summed E-state index contributed by atoms with van der Waals surface area (Å²) in [6, 6.07) is 7.92. The van der Waals surface area contributed by atoms with Crippen molar-refractivity contribution in [2.45, 2.75) is 38.6 Å². The van der Waals surface area contributed by atoms with Crippen LogP contribution in [-0.2, 0) is 16.0 Å². The van der Waals surface area contributed by atoms with Crippen molar-refractivity contribution in [3.63, 3.8) is 0 Å². The lowest BCUT2D eigenvalue weighted by atomic mass is 10.1. The number of carbonyl (C=O) groups excluding carboxylic acids is 1. The maximum Gasteiger partial charge on any atom is 0.241 e. The van der Waals surface area contributed by atoms with E-state index >= 15 is 0 Å². The number of rotatable bonds is 7. The zero-order valence-electron chi connectivity index (χ0n) is 12.2. The Morgan fingerprint density at radius 2 is 2.20 bits per heavy atom. The number of aryl methyl sites for hydroxylation is 1. The van der Waals surface area contributed by atoms with Gasteiger partial charge in [0.2, 0.25) is 5.91 Å². The van der Waals surface area contributed by atoms with Crippen molar-refractivity contribution in [2.75, 3.05) is 25.1 Å². The van der Waals surface area contributed by atoms with Gasteiger partial charge in [0.05, 0.1) is 6.04 Å². The molecule has 0 fully saturated rings. The van der Waals surface area contributed by atoms with Gasteiger partial charge >= 0.3 is 0 Å². The molecule has 4 heteroatoms. The summed E-state index contributed by atoms with van der Waals surface area (Å²) in [7, 11) is 0. The van der Waals surface area contributed by atoms with E-state index in [2.05, 4.69) is 23.6 Å². The van der Waals surface area contributed by atoms with E-state index in [1.54, 1.807) is 0 Å². The average molecular weight is 276 g/mol. The molecule has 0 bridgehead atoms. The number of anilines is 1. The van der Waals surface area contributed by atoms with Gasteiger partial charge < -0.3 is 15.4 Å². The Balaban J connectivity index is 1.76. The van der Waals surface area contributed by atoms with Crippen LogP contribution in [-0.4, -0.2) is 31.7 Å². The molecule has 0 spiro atoms. The quantitative estimate of drug-likeness (QED) is 0.752. The van der Waals surface area contributed by atoms with Crippen molar-refractivity contribution >= 4 is 11.6 Å². The number of para-hydroxylation sites is 1. The van der Waals surface area contributed by atoms with Gasteiger partial charge in [-0.15, -0.1) is 0 Å². The zero-order chi connectivity index (χ0) is 14.2. The first-order valence-electron chi connectivity index (χ1n) is 7.51. The number of carbonyl (C=O) groups is 1. The molecule has 1 aliphatic heterocycles. The van der Waals surface area contributed by atoms with Crippen LogP contribution in [0, 0.1) is 0 Å². The number of hydrogen-bond acceptors (Lipinski definition) is 3. The van der Waals surface area contributed by atoms with Gasteiger partial charge in [-0.2, -0.15) is 0 Å². The van der Waals surface area contributed by atoms with Gasteiger partial charge in [-0.25, -0.2) is 0 Å². The summed E-state index contributed by atoms with van der Waals surface area (Å²) >= 11 is 0. The van der Waals surface area contributed by atoms with Crippen LogP contribution < -0.4 is 10.6 Å². The molecule has 20 heavy (non-hydrogen) atoms. The predicted molar refractivity (Wildman–Crippen MR) is 80.9 cm³/mol. The number of hydrogen-bond donors (Lipinski definition) is 2. The Bertz CT molecular complexity index is 434. The highest BCUT2D eigenvalue weighted by atomic mass is 16.5. The summed E-state index contributed by atoms with van der Waals surface area (Å²) < 4.78 is 5.43. The van der Waals surface area contributed by atoms with Crippen molar-refractivity contribution in [2.24, 2.45) is 0 Å². The number of nitrogens with one attached hydrogen (secondary N) is 2. The summed E-state index contributed by atoms with van der Waals surface area (Å²) in [5.41, 5.74) is 2.17. The zero-order valence-corrected chi connectivity index (χ0v) is 12.2. The monoisotopic (exact) mass is 276 g/mol. The molecule has 1 aliphatic rings. The standard InChI is InChI=1S/C16H24N2O2/c1-2-11-20-12-5-10-17-15-9-8-13-6-3-4-7-14(13)18-16(15)19/h3-4,6-7,15,17H,2,5,8-12H2,1H3,(H,18,19). The SMILES string of the molecule is CCCOCCCNC1CCc2ccccc2NC1=O. The predicted octanol–water partition coefficient (Wildman–Crippen LogP) is 2.35. The molecule has 1 amide bonds. The molecule has 0 aromatic heterocycles. The third kappa shape index (κ3) is 4.32. The molecule has 1 aromatic carbocycles. The van der Waals surface area contributed by atoms with Crippen LogP contribution in [0.1, 0.15) is 31.7 Å². The fourth-order valence-corrected chi connectivity index (χ4v) is 2.40. The van der Waals surface area contributed by atoms with E-state index in [1.165, 1.54) is 5.56 Å². The molecular formula is C16H24N2O2. The Morgan fingerprint density at radius 3 is 3.05 bits per heavy atom. The molecule has 110 valence electrons. The Kier molecular flexibility index (Phi) is 6.02. The molecule has 2 N–H and O–H groups in total. The van der Waals surface area contributed by atoms with Gasteiger partial charge in [0.25, 0.3) is 0 Å². The molecule has 1 heterocycles. The minimum atomic E-state index is -0.103. The Hall–Kier alpha value is -1.39. The lowest BCUT2D eigenvalue weighted by Crippen LogP contribution is -2.40. The van der Waals surface area contributed by atoms with E-state index in [-0.39, 0.29) is 11.9 Å². The molecule has 0 radical (unpaired) electrons. The normalized spacial score (nSPS) is 18.2. The second kappa shape index (κ2) is 8.02. The Morgan fingerprint density at radius 1 is 1.35 bits per heavy atom. The third-order valence-corrected chi connectivity index (χ3v) is 3.50. The van der Waals surface area contributed by atoms with Gasteiger partial charge in [0.1, 0.15) is 0 Å². The van der Waals surface area contributed by atoms with E-state index < -0.39 is 0 Å². The first kappa shape index (κ1) is 15.0. The molecule has 0 saturated heterocycles. The van der Waals surface area contributed by atoms with Crippen LogP contribution in [0.2, 0.25) is 0 Å².